The molecule has 1 atom stereocenters. The van der Waals surface area contributed by atoms with Gasteiger partial charge < -0.3 is 10.2 Å². The topological polar surface area (TPSA) is 45.2 Å². The van der Waals surface area contributed by atoms with Crippen molar-refractivity contribution in [3.8, 4) is 0 Å². The molecule has 1 aliphatic rings. The molecule has 2 heterocycles. The zero-order chi connectivity index (χ0) is 13.3. The van der Waals surface area contributed by atoms with Crippen LogP contribution in [0.5, 0.6) is 0 Å². The number of carbonyl (C=O) groups excluding carboxylic acids is 1. The second kappa shape index (κ2) is 4.83. The summed E-state index contributed by atoms with van der Waals surface area (Å²) in [6.45, 7) is 2.37. The van der Waals surface area contributed by atoms with E-state index in [9.17, 15) is 18.0 Å². The molecule has 0 spiro atoms. The number of anilines is 1. The summed E-state index contributed by atoms with van der Waals surface area (Å²) in [5, 5.41) is 2.63. The van der Waals surface area contributed by atoms with Crippen molar-refractivity contribution in [2.45, 2.75) is 19.4 Å². The molecule has 1 fully saturated rings. The van der Waals surface area contributed by atoms with Gasteiger partial charge >= 0.3 is 0 Å². The van der Waals surface area contributed by atoms with E-state index in [1.165, 1.54) is 4.90 Å². The normalized spacial score (nSPS) is 19.9. The highest BCUT2D eigenvalue weighted by Crippen LogP contribution is 2.23. The maximum atomic E-state index is 13.6. The highest BCUT2D eigenvalue weighted by atomic mass is 19.2. The molecule has 98 valence electrons. The van der Waals surface area contributed by atoms with Gasteiger partial charge in [0.05, 0.1) is 0 Å². The van der Waals surface area contributed by atoms with Gasteiger partial charge in [-0.15, -0.1) is 0 Å². The number of hydrogen-bond donors (Lipinski definition) is 1. The number of piperazine rings is 1. The fourth-order valence-corrected chi connectivity index (χ4v) is 2.01. The Bertz CT molecular complexity index is 481. The van der Waals surface area contributed by atoms with Crippen molar-refractivity contribution in [1.82, 2.24) is 10.3 Å². The lowest BCUT2D eigenvalue weighted by molar-refractivity contribution is -0.123. The van der Waals surface area contributed by atoms with Gasteiger partial charge in [-0.05, 0) is 6.42 Å². The van der Waals surface area contributed by atoms with Crippen molar-refractivity contribution in [3.05, 3.63) is 23.6 Å². The Morgan fingerprint density at radius 1 is 1.44 bits per heavy atom. The van der Waals surface area contributed by atoms with E-state index in [-0.39, 0.29) is 11.7 Å². The van der Waals surface area contributed by atoms with Gasteiger partial charge in [-0.1, -0.05) is 6.92 Å². The molecular weight excluding hydrogens is 247 g/mol. The fraction of sp³-hybridized carbons (Fsp3) is 0.455. The minimum Gasteiger partial charge on any atom is -0.353 e. The van der Waals surface area contributed by atoms with Crippen LogP contribution in [0, 0.1) is 17.6 Å². The highest BCUT2D eigenvalue weighted by Gasteiger charge is 2.31. The first-order valence-corrected chi connectivity index (χ1v) is 5.60. The van der Waals surface area contributed by atoms with Crippen LogP contribution in [0.2, 0.25) is 0 Å². The van der Waals surface area contributed by atoms with E-state index in [4.69, 9.17) is 0 Å². The Kier molecular flexibility index (Phi) is 3.40. The van der Waals surface area contributed by atoms with Gasteiger partial charge in [0, 0.05) is 19.2 Å². The smallest absolute Gasteiger partial charge is 0.251 e. The summed E-state index contributed by atoms with van der Waals surface area (Å²) in [6, 6.07) is -0.178. The summed E-state index contributed by atoms with van der Waals surface area (Å²) in [7, 11) is 0. The summed E-state index contributed by atoms with van der Waals surface area (Å²) in [5.41, 5.74) is 0. The lowest BCUT2D eigenvalue weighted by atomic mass is 10.1. The van der Waals surface area contributed by atoms with E-state index in [2.05, 4.69) is 10.3 Å². The average molecular weight is 259 g/mol. The zero-order valence-electron chi connectivity index (χ0n) is 9.71. The van der Waals surface area contributed by atoms with Crippen LogP contribution < -0.4 is 10.2 Å². The molecular formula is C11H12F3N3O. The lowest BCUT2D eigenvalue weighted by Crippen LogP contribution is -2.55. The third-order valence-corrected chi connectivity index (χ3v) is 2.86. The summed E-state index contributed by atoms with van der Waals surface area (Å²) >= 11 is 0. The molecule has 1 aliphatic heterocycles. The Morgan fingerprint density at radius 3 is 2.83 bits per heavy atom. The molecule has 2 rings (SSSR count). The SMILES string of the molecule is CCC1C(=O)NCCN1c1nc(F)c(F)cc1F. The molecule has 1 aromatic rings. The van der Waals surface area contributed by atoms with Crippen LogP contribution in [0.1, 0.15) is 13.3 Å². The number of amides is 1. The number of hydrogen-bond acceptors (Lipinski definition) is 3. The number of rotatable bonds is 2. The van der Waals surface area contributed by atoms with Crippen molar-refractivity contribution in [1.29, 1.82) is 0 Å². The van der Waals surface area contributed by atoms with E-state index < -0.39 is 23.6 Å². The summed E-state index contributed by atoms with van der Waals surface area (Å²) in [4.78, 5) is 16.2. The van der Waals surface area contributed by atoms with E-state index >= 15 is 0 Å². The number of nitrogens with one attached hydrogen (secondary N) is 1. The third-order valence-electron chi connectivity index (χ3n) is 2.86. The van der Waals surface area contributed by atoms with Crippen LogP contribution in [0.25, 0.3) is 0 Å². The Hall–Kier alpha value is -1.79. The second-order valence-corrected chi connectivity index (χ2v) is 3.97. The molecule has 4 nitrogen and oxygen atoms in total. The monoisotopic (exact) mass is 259 g/mol. The van der Waals surface area contributed by atoms with E-state index in [1.807, 2.05) is 0 Å². The van der Waals surface area contributed by atoms with Crippen LogP contribution in [0.15, 0.2) is 6.07 Å². The highest BCUT2D eigenvalue weighted by molar-refractivity contribution is 5.86. The molecule has 0 radical (unpaired) electrons. The van der Waals surface area contributed by atoms with Gasteiger partial charge in [0.2, 0.25) is 5.91 Å². The molecule has 0 bridgehead atoms. The molecule has 1 unspecified atom stereocenters. The predicted octanol–water partition coefficient (Wildman–Crippen LogP) is 1.21. The number of nitrogens with zero attached hydrogens (tertiary/aromatic N) is 2. The predicted molar refractivity (Wildman–Crippen MR) is 58.5 cm³/mol. The molecule has 1 N–H and O–H groups in total. The maximum Gasteiger partial charge on any atom is 0.251 e. The average Bonchev–Trinajstić information content (AvgIpc) is 2.33. The first-order chi connectivity index (χ1) is 8.54. The van der Waals surface area contributed by atoms with E-state index in [1.54, 1.807) is 6.92 Å². The Balaban J connectivity index is 2.40. The molecule has 0 saturated carbocycles. The van der Waals surface area contributed by atoms with Crippen molar-refractivity contribution >= 4 is 11.7 Å². The number of halogens is 3. The van der Waals surface area contributed by atoms with Crippen LogP contribution >= 0.6 is 0 Å². The van der Waals surface area contributed by atoms with Crippen molar-refractivity contribution < 1.29 is 18.0 Å². The first kappa shape index (κ1) is 12.7. The Labute approximate surface area is 102 Å². The molecule has 0 aromatic carbocycles. The van der Waals surface area contributed by atoms with Gasteiger partial charge in [-0.3, -0.25) is 4.79 Å². The van der Waals surface area contributed by atoms with E-state index in [0.29, 0.717) is 25.6 Å². The fourth-order valence-electron chi connectivity index (χ4n) is 2.01. The van der Waals surface area contributed by atoms with Gasteiger partial charge in [0.25, 0.3) is 5.95 Å². The zero-order valence-corrected chi connectivity index (χ0v) is 9.71. The van der Waals surface area contributed by atoms with Gasteiger partial charge in [0.15, 0.2) is 17.5 Å². The molecule has 0 aliphatic carbocycles. The minimum atomic E-state index is -1.37. The van der Waals surface area contributed by atoms with Crippen LogP contribution in [0.3, 0.4) is 0 Å². The Morgan fingerprint density at radius 2 is 2.17 bits per heavy atom. The number of carbonyl (C=O) groups is 1. The van der Waals surface area contributed by atoms with Crippen LogP contribution in [-0.2, 0) is 4.79 Å². The molecule has 7 heteroatoms. The number of aromatic nitrogens is 1. The van der Waals surface area contributed by atoms with Crippen molar-refractivity contribution in [3.63, 3.8) is 0 Å². The van der Waals surface area contributed by atoms with E-state index in [0.717, 1.165) is 0 Å². The summed E-state index contributed by atoms with van der Waals surface area (Å²) in [5.74, 6) is -4.27. The van der Waals surface area contributed by atoms with Crippen molar-refractivity contribution in [2.75, 3.05) is 18.0 Å². The molecule has 1 aromatic heterocycles. The number of pyridine rings is 1. The molecule has 1 amide bonds. The summed E-state index contributed by atoms with van der Waals surface area (Å²) < 4.78 is 39.5. The lowest BCUT2D eigenvalue weighted by Gasteiger charge is -2.35. The quantitative estimate of drug-likeness (QED) is 0.812. The van der Waals surface area contributed by atoms with Gasteiger partial charge in [-0.2, -0.15) is 9.37 Å². The second-order valence-electron chi connectivity index (χ2n) is 3.97. The van der Waals surface area contributed by atoms with Gasteiger partial charge in [0.1, 0.15) is 6.04 Å². The summed E-state index contributed by atoms with van der Waals surface area (Å²) in [6.07, 6.45) is 0.423. The molecule has 1 saturated heterocycles. The van der Waals surface area contributed by atoms with Crippen molar-refractivity contribution in [2.24, 2.45) is 0 Å². The third kappa shape index (κ3) is 2.12. The maximum absolute atomic E-state index is 13.6. The van der Waals surface area contributed by atoms with Gasteiger partial charge in [-0.25, -0.2) is 8.78 Å². The standard InChI is InChI=1S/C11H12F3N3O/c1-2-8-11(18)15-3-4-17(8)10-7(13)5-6(12)9(14)16-10/h5,8H,2-4H2,1H3,(H,15,18). The largest absolute Gasteiger partial charge is 0.353 e. The van der Waals surface area contributed by atoms with Crippen LogP contribution in [0.4, 0.5) is 19.0 Å². The minimum absolute atomic E-state index is 0.269. The molecule has 18 heavy (non-hydrogen) atoms. The van der Waals surface area contributed by atoms with Crippen LogP contribution in [-0.4, -0.2) is 30.0 Å². The first-order valence-electron chi connectivity index (χ1n) is 5.60.